The van der Waals surface area contributed by atoms with E-state index in [0.29, 0.717) is 18.9 Å². The molecular weight excluding hydrogens is 360 g/mol. The Balaban J connectivity index is 1.17. The van der Waals surface area contributed by atoms with Crippen LogP contribution in [0.2, 0.25) is 0 Å². The van der Waals surface area contributed by atoms with E-state index in [1.807, 2.05) is 29.6 Å². The molecule has 2 aliphatic carbocycles. The normalized spacial score (nSPS) is 22.4. The van der Waals surface area contributed by atoms with Gasteiger partial charge in [-0.2, -0.15) is 0 Å². The molecule has 2 heterocycles. The first-order valence-electron chi connectivity index (χ1n) is 9.89. The second-order valence-corrected chi connectivity index (χ2v) is 8.59. The van der Waals surface area contributed by atoms with E-state index in [2.05, 4.69) is 10.6 Å². The topological polar surface area (TPSA) is 71.3 Å². The summed E-state index contributed by atoms with van der Waals surface area (Å²) < 4.78 is 5.83. The molecule has 0 radical (unpaired) electrons. The highest BCUT2D eigenvalue weighted by molar-refractivity contribution is 7.13. The summed E-state index contributed by atoms with van der Waals surface area (Å²) in [6, 6.07) is 8.57. The molecule has 2 saturated carbocycles. The van der Waals surface area contributed by atoms with Crippen LogP contribution in [0.4, 0.5) is 0 Å². The Morgan fingerprint density at radius 1 is 1.00 bits per heavy atom. The van der Waals surface area contributed by atoms with Crippen molar-refractivity contribution in [3.05, 3.63) is 35.4 Å². The largest absolute Gasteiger partial charge is 0.460 e. The van der Waals surface area contributed by atoms with Gasteiger partial charge in [0.1, 0.15) is 11.5 Å². The maximum Gasteiger partial charge on any atom is 0.223 e. The molecule has 2 aromatic rings. The van der Waals surface area contributed by atoms with Gasteiger partial charge in [-0.05, 0) is 62.1 Å². The van der Waals surface area contributed by atoms with Gasteiger partial charge in [0.25, 0.3) is 0 Å². The van der Waals surface area contributed by atoms with Crippen molar-refractivity contribution in [1.82, 2.24) is 10.6 Å². The SMILES string of the molecule is O=C(CCc1ccc(-c2cccs2)o1)NC1CCC(C(=O)NC2CC2)CC1. The van der Waals surface area contributed by atoms with Crippen molar-refractivity contribution in [3.63, 3.8) is 0 Å². The lowest BCUT2D eigenvalue weighted by atomic mass is 9.85. The number of hydrogen-bond donors (Lipinski definition) is 2. The second-order valence-electron chi connectivity index (χ2n) is 7.64. The maximum atomic E-state index is 12.3. The molecule has 0 aliphatic heterocycles. The average Bonchev–Trinajstić information content (AvgIpc) is 3.13. The molecule has 0 atom stereocenters. The molecule has 0 bridgehead atoms. The van der Waals surface area contributed by atoms with E-state index in [1.54, 1.807) is 11.3 Å². The van der Waals surface area contributed by atoms with Crippen LogP contribution in [0.15, 0.2) is 34.1 Å². The Hall–Kier alpha value is -2.08. The number of rotatable bonds is 7. The molecule has 4 rings (SSSR count). The molecule has 2 fully saturated rings. The summed E-state index contributed by atoms with van der Waals surface area (Å²) in [5.41, 5.74) is 0. The second kappa shape index (κ2) is 8.30. The third-order valence-corrected chi connectivity index (χ3v) is 6.30. The van der Waals surface area contributed by atoms with Crippen molar-refractivity contribution in [1.29, 1.82) is 0 Å². The van der Waals surface area contributed by atoms with Gasteiger partial charge in [0, 0.05) is 30.8 Å². The van der Waals surface area contributed by atoms with Gasteiger partial charge < -0.3 is 15.1 Å². The molecule has 0 unspecified atom stereocenters. The molecule has 144 valence electrons. The molecule has 2 aliphatic rings. The van der Waals surface area contributed by atoms with E-state index < -0.39 is 0 Å². The first-order chi connectivity index (χ1) is 13.2. The summed E-state index contributed by atoms with van der Waals surface area (Å²) in [6.07, 6.45) is 6.80. The molecular formula is C21H26N2O3S. The van der Waals surface area contributed by atoms with Crippen LogP contribution in [-0.2, 0) is 16.0 Å². The van der Waals surface area contributed by atoms with Crippen molar-refractivity contribution >= 4 is 23.2 Å². The standard InChI is InChI=1S/C21H26N2O3S/c24-20(12-10-17-9-11-18(26-17)19-2-1-13-27-19)22-15-5-3-14(4-6-15)21(25)23-16-7-8-16/h1-2,9,11,13-16H,3-8,10,12H2,(H,22,24)(H,23,25). The molecule has 5 nitrogen and oxygen atoms in total. The van der Waals surface area contributed by atoms with Crippen LogP contribution >= 0.6 is 11.3 Å². The fraction of sp³-hybridized carbons (Fsp3) is 0.524. The van der Waals surface area contributed by atoms with Gasteiger partial charge in [0.05, 0.1) is 4.88 Å². The van der Waals surface area contributed by atoms with E-state index >= 15 is 0 Å². The Morgan fingerprint density at radius 2 is 1.74 bits per heavy atom. The van der Waals surface area contributed by atoms with E-state index in [-0.39, 0.29) is 23.8 Å². The molecule has 0 saturated heterocycles. The number of carbonyl (C=O) groups excluding carboxylic acids is 2. The highest BCUT2D eigenvalue weighted by Crippen LogP contribution is 2.28. The van der Waals surface area contributed by atoms with Crippen LogP contribution in [0.25, 0.3) is 10.6 Å². The van der Waals surface area contributed by atoms with Gasteiger partial charge in [-0.3, -0.25) is 9.59 Å². The molecule has 6 heteroatoms. The lowest BCUT2D eigenvalue weighted by molar-refractivity contribution is -0.126. The first-order valence-corrected chi connectivity index (χ1v) is 10.8. The fourth-order valence-electron chi connectivity index (χ4n) is 3.65. The zero-order valence-corrected chi connectivity index (χ0v) is 16.2. The smallest absolute Gasteiger partial charge is 0.223 e. The van der Waals surface area contributed by atoms with E-state index in [0.717, 1.165) is 54.9 Å². The zero-order chi connectivity index (χ0) is 18.6. The maximum absolute atomic E-state index is 12.3. The van der Waals surface area contributed by atoms with Crippen LogP contribution in [0.1, 0.15) is 50.7 Å². The van der Waals surface area contributed by atoms with Gasteiger partial charge in [-0.15, -0.1) is 11.3 Å². The number of furan rings is 1. The Morgan fingerprint density at radius 3 is 2.44 bits per heavy atom. The molecule has 0 spiro atoms. The van der Waals surface area contributed by atoms with Crippen LogP contribution < -0.4 is 10.6 Å². The van der Waals surface area contributed by atoms with E-state index in [1.165, 1.54) is 0 Å². The van der Waals surface area contributed by atoms with Crippen LogP contribution in [0.5, 0.6) is 0 Å². The molecule has 0 aromatic carbocycles. The van der Waals surface area contributed by atoms with Crippen LogP contribution in [0, 0.1) is 5.92 Å². The summed E-state index contributed by atoms with van der Waals surface area (Å²) in [4.78, 5) is 25.5. The Labute approximate surface area is 163 Å². The third-order valence-electron chi connectivity index (χ3n) is 5.41. The van der Waals surface area contributed by atoms with Gasteiger partial charge in [0.15, 0.2) is 0 Å². The summed E-state index contributed by atoms with van der Waals surface area (Å²) in [5.74, 6) is 2.10. The summed E-state index contributed by atoms with van der Waals surface area (Å²) in [7, 11) is 0. The predicted molar refractivity (Wildman–Crippen MR) is 105 cm³/mol. The van der Waals surface area contributed by atoms with E-state index in [4.69, 9.17) is 4.42 Å². The number of aryl methyl sites for hydroxylation is 1. The predicted octanol–water partition coefficient (Wildman–Crippen LogP) is 3.89. The summed E-state index contributed by atoms with van der Waals surface area (Å²) >= 11 is 1.64. The summed E-state index contributed by atoms with van der Waals surface area (Å²) in [5, 5.41) is 8.24. The quantitative estimate of drug-likeness (QED) is 0.758. The van der Waals surface area contributed by atoms with Gasteiger partial charge in [-0.1, -0.05) is 6.07 Å². The Kier molecular flexibility index (Phi) is 5.62. The number of amides is 2. The molecule has 2 amide bonds. The lowest BCUT2D eigenvalue weighted by Gasteiger charge is -2.28. The van der Waals surface area contributed by atoms with Crippen LogP contribution in [0.3, 0.4) is 0 Å². The Bertz CT molecular complexity index is 771. The number of thiophene rings is 1. The van der Waals surface area contributed by atoms with Gasteiger partial charge in [-0.25, -0.2) is 0 Å². The fourth-order valence-corrected chi connectivity index (χ4v) is 4.33. The summed E-state index contributed by atoms with van der Waals surface area (Å²) in [6.45, 7) is 0. The highest BCUT2D eigenvalue weighted by atomic mass is 32.1. The van der Waals surface area contributed by atoms with Crippen molar-refractivity contribution in [3.8, 4) is 10.6 Å². The van der Waals surface area contributed by atoms with Crippen molar-refractivity contribution < 1.29 is 14.0 Å². The first kappa shape index (κ1) is 18.3. The molecule has 2 N–H and O–H groups in total. The molecule has 2 aromatic heterocycles. The van der Waals surface area contributed by atoms with Crippen LogP contribution in [-0.4, -0.2) is 23.9 Å². The van der Waals surface area contributed by atoms with E-state index in [9.17, 15) is 9.59 Å². The lowest BCUT2D eigenvalue weighted by Crippen LogP contribution is -2.41. The minimum Gasteiger partial charge on any atom is -0.460 e. The number of nitrogens with one attached hydrogen (secondary N) is 2. The van der Waals surface area contributed by atoms with Crippen molar-refractivity contribution in [2.75, 3.05) is 0 Å². The van der Waals surface area contributed by atoms with Gasteiger partial charge in [0.2, 0.25) is 11.8 Å². The minimum atomic E-state index is 0.0648. The molecule has 27 heavy (non-hydrogen) atoms. The zero-order valence-electron chi connectivity index (χ0n) is 15.4. The highest BCUT2D eigenvalue weighted by Gasteiger charge is 2.30. The minimum absolute atomic E-state index is 0.0648. The third kappa shape index (κ3) is 5.01. The average molecular weight is 387 g/mol. The monoisotopic (exact) mass is 386 g/mol. The van der Waals surface area contributed by atoms with Gasteiger partial charge >= 0.3 is 0 Å². The van der Waals surface area contributed by atoms with Crippen molar-refractivity contribution in [2.45, 2.75) is 63.5 Å². The number of hydrogen-bond acceptors (Lipinski definition) is 4. The van der Waals surface area contributed by atoms with Crippen molar-refractivity contribution in [2.24, 2.45) is 5.92 Å². The number of carbonyl (C=O) groups is 2.